The highest BCUT2D eigenvalue weighted by Crippen LogP contribution is 2.14. The minimum atomic E-state index is 0.147. The van der Waals surface area contributed by atoms with Gasteiger partial charge in [0, 0.05) is 32.0 Å². The molecule has 5 nitrogen and oxygen atoms in total. The molecule has 1 fully saturated rings. The number of imidazole rings is 1. The first-order chi connectivity index (χ1) is 9.19. The van der Waals surface area contributed by atoms with Gasteiger partial charge in [0.15, 0.2) is 5.15 Å². The van der Waals surface area contributed by atoms with E-state index in [1.54, 1.807) is 0 Å². The summed E-state index contributed by atoms with van der Waals surface area (Å²) >= 11 is 6.09. The van der Waals surface area contributed by atoms with E-state index in [4.69, 9.17) is 11.6 Å². The zero-order chi connectivity index (χ0) is 13.7. The monoisotopic (exact) mass is 284 g/mol. The van der Waals surface area contributed by atoms with Crippen molar-refractivity contribution in [3.63, 3.8) is 0 Å². The summed E-state index contributed by atoms with van der Waals surface area (Å²) in [5, 5.41) is 6.78. The van der Waals surface area contributed by atoms with Gasteiger partial charge in [-0.3, -0.25) is 4.79 Å². The highest BCUT2D eigenvalue weighted by Gasteiger charge is 2.20. The van der Waals surface area contributed by atoms with Crippen molar-refractivity contribution in [1.29, 1.82) is 0 Å². The first kappa shape index (κ1) is 14.3. The van der Waals surface area contributed by atoms with Gasteiger partial charge in [0.2, 0.25) is 5.91 Å². The van der Waals surface area contributed by atoms with Crippen molar-refractivity contribution < 1.29 is 4.79 Å². The van der Waals surface area contributed by atoms with E-state index in [2.05, 4.69) is 27.5 Å². The standard InChI is InChI=1S/C13H21ClN4O/c1-2-3-4-11-17-10(13(14)18-11)8-15-7-9-5-6-12(19)16-9/h9,15H,2-8H2,1H3,(H,16,19)(H,17,18). The third-order valence-corrected chi connectivity index (χ3v) is 3.63. The number of rotatable bonds is 7. The number of aromatic amines is 1. The molecule has 1 atom stereocenters. The molecule has 0 bridgehead atoms. The van der Waals surface area contributed by atoms with Crippen LogP contribution in [0.15, 0.2) is 0 Å². The van der Waals surface area contributed by atoms with Crippen molar-refractivity contribution in [3.8, 4) is 0 Å². The third-order valence-electron chi connectivity index (χ3n) is 3.32. The van der Waals surface area contributed by atoms with E-state index in [-0.39, 0.29) is 11.9 Å². The lowest BCUT2D eigenvalue weighted by Crippen LogP contribution is -2.35. The number of halogens is 1. The van der Waals surface area contributed by atoms with Crippen LogP contribution in [0.1, 0.15) is 44.1 Å². The first-order valence-corrected chi connectivity index (χ1v) is 7.30. The fourth-order valence-electron chi connectivity index (χ4n) is 2.22. The van der Waals surface area contributed by atoms with Crippen LogP contribution in [0.25, 0.3) is 0 Å². The zero-order valence-electron chi connectivity index (χ0n) is 11.3. The van der Waals surface area contributed by atoms with Crippen molar-refractivity contribution in [1.82, 2.24) is 20.6 Å². The van der Waals surface area contributed by atoms with Crippen LogP contribution in [0.5, 0.6) is 0 Å². The Hall–Kier alpha value is -1.07. The van der Waals surface area contributed by atoms with Crippen LogP contribution < -0.4 is 10.6 Å². The normalized spacial score (nSPS) is 18.8. The summed E-state index contributed by atoms with van der Waals surface area (Å²) in [7, 11) is 0. The van der Waals surface area contributed by atoms with E-state index in [9.17, 15) is 4.79 Å². The molecule has 2 heterocycles. The van der Waals surface area contributed by atoms with Gasteiger partial charge in [0.1, 0.15) is 5.82 Å². The molecule has 1 saturated heterocycles. The Bertz CT molecular complexity index is 432. The van der Waals surface area contributed by atoms with Gasteiger partial charge >= 0.3 is 0 Å². The summed E-state index contributed by atoms with van der Waals surface area (Å²) in [5.41, 5.74) is 0.928. The molecule has 1 aliphatic heterocycles. The predicted molar refractivity (Wildman–Crippen MR) is 75.1 cm³/mol. The molecule has 1 unspecified atom stereocenters. The fraction of sp³-hybridized carbons (Fsp3) is 0.692. The lowest BCUT2D eigenvalue weighted by atomic mass is 10.2. The largest absolute Gasteiger partial charge is 0.352 e. The molecule has 0 radical (unpaired) electrons. The summed E-state index contributed by atoms with van der Waals surface area (Å²) in [4.78, 5) is 18.6. The second kappa shape index (κ2) is 6.91. The molecule has 1 aromatic heterocycles. The molecule has 0 aliphatic carbocycles. The second-order valence-corrected chi connectivity index (χ2v) is 5.35. The van der Waals surface area contributed by atoms with Crippen LogP contribution in [0.2, 0.25) is 5.15 Å². The van der Waals surface area contributed by atoms with Gasteiger partial charge < -0.3 is 15.6 Å². The van der Waals surface area contributed by atoms with Crippen LogP contribution in [0, 0.1) is 0 Å². The highest BCUT2D eigenvalue weighted by molar-refractivity contribution is 6.30. The van der Waals surface area contributed by atoms with Crippen LogP contribution >= 0.6 is 11.6 Å². The molecule has 6 heteroatoms. The number of hydrogen-bond acceptors (Lipinski definition) is 3. The summed E-state index contributed by atoms with van der Waals surface area (Å²) in [6.45, 7) is 3.58. The number of carbonyl (C=O) groups excluding carboxylic acids is 1. The average molecular weight is 285 g/mol. The summed E-state index contributed by atoms with van der Waals surface area (Å²) < 4.78 is 0. The van der Waals surface area contributed by atoms with Crippen molar-refractivity contribution in [2.75, 3.05) is 6.54 Å². The molecule has 0 saturated carbocycles. The summed E-state index contributed by atoms with van der Waals surface area (Å²) in [6, 6.07) is 0.244. The number of H-pyrrole nitrogens is 1. The Kier molecular flexibility index (Phi) is 5.22. The molecular weight excluding hydrogens is 264 g/mol. The summed E-state index contributed by atoms with van der Waals surface area (Å²) in [6.07, 6.45) is 4.75. The van der Waals surface area contributed by atoms with Crippen molar-refractivity contribution in [2.45, 2.75) is 51.6 Å². The van der Waals surface area contributed by atoms with E-state index in [1.165, 1.54) is 0 Å². The maximum Gasteiger partial charge on any atom is 0.220 e. The van der Waals surface area contributed by atoms with Crippen LogP contribution in [-0.2, 0) is 17.8 Å². The van der Waals surface area contributed by atoms with Gasteiger partial charge in [-0.15, -0.1) is 0 Å². The van der Waals surface area contributed by atoms with Gasteiger partial charge in [-0.2, -0.15) is 0 Å². The van der Waals surface area contributed by atoms with E-state index in [0.717, 1.165) is 43.7 Å². The van der Waals surface area contributed by atoms with Crippen LogP contribution in [0.4, 0.5) is 0 Å². The molecule has 106 valence electrons. The quantitative estimate of drug-likeness (QED) is 0.715. The molecular formula is C13H21ClN4O. The number of hydrogen-bond donors (Lipinski definition) is 3. The average Bonchev–Trinajstić information content (AvgIpc) is 2.94. The maximum atomic E-state index is 11.1. The van der Waals surface area contributed by atoms with Crippen LogP contribution in [-0.4, -0.2) is 28.5 Å². The number of nitrogens with zero attached hydrogens (tertiary/aromatic N) is 1. The molecule has 1 aliphatic rings. The maximum absolute atomic E-state index is 11.1. The zero-order valence-corrected chi connectivity index (χ0v) is 12.0. The van der Waals surface area contributed by atoms with Gasteiger partial charge in [0.05, 0.1) is 5.69 Å². The number of unbranched alkanes of at least 4 members (excludes halogenated alkanes) is 1. The number of aromatic nitrogens is 2. The minimum Gasteiger partial charge on any atom is -0.352 e. The topological polar surface area (TPSA) is 69.8 Å². The minimum absolute atomic E-state index is 0.147. The lowest BCUT2D eigenvalue weighted by molar-refractivity contribution is -0.119. The highest BCUT2D eigenvalue weighted by atomic mass is 35.5. The van der Waals surface area contributed by atoms with E-state index >= 15 is 0 Å². The van der Waals surface area contributed by atoms with Gasteiger partial charge in [0.25, 0.3) is 0 Å². The molecule has 3 N–H and O–H groups in total. The molecule has 0 spiro atoms. The van der Waals surface area contributed by atoms with Crippen LogP contribution in [0.3, 0.4) is 0 Å². The smallest absolute Gasteiger partial charge is 0.220 e. The predicted octanol–water partition coefficient (Wildman–Crippen LogP) is 1.77. The SMILES string of the molecule is CCCCc1nc(Cl)c(CNCC2CCC(=O)N2)[nH]1. The van der Waals surface area contributed by atoms with Crippen molar-refractivity contribution >= 4 is 17.5 Å². The Morgan fingerprint density at radius 3 is 3.05 bits per heavy atom. The van der Waals surface area contributed by atoms with E-state index in [1.807, 2.05) is 0 Å². The Balaban J connectivity index is 1.76. The molecule has 1 aromatic rings. The molecule has 19 heavy (non-hydrogen) atoms. The number of nitrogens with one attached hydrogen (secondary N) is 3. The lowest BCUT2D eigenvalue weighted by Gasteiger charge is -2.10. The first-order valence-electron chi connectivity index (χ1n) is 6.92. The number of amides is 1. The van der Waals surface area contributed by atoms with E-state index in [0.29, 0.717) is 18.1 Å². The second-order valence-electron chi connectivity index (χ2n) is 4.99. The van der Waals surface area contributed by atoms with Gasteiger partial charge in [-0.05, 0) is 12.8 Å². The fourth-order valence-corrected chi connectivity index (χ4v) is 2.44. The number of carbonyl (C=O) groups is 1. The molecule has 2 rings (SSSR count). The Morgan fingerprint density at radius 2 is 2.37 bits per heavy atom. The Morgan fingerprint density at radius 1 is 1.53 bits per heavy atom. The molecule has 1 amide bonds. The van der Waals surface area contributed by atoms with Gasteiger partial charge in [-0.1, -0.05) is 24.9 Å². The van der Waals surface area contributed by atoms with Gasteiger partial charge in [-0.25, -0.2) is 4.98 Å². The summed E-state index contributed by atoms with van der Waals surface area (Å²) in [5.74, 6) is 1.10. The third kappa shape index (κ3) is 4.21. The molecule has 0 aromatic carbocycles. The van der Waals surface area contributed by atoms with Crippen molar-refractivity contribution in [3.05, 3.63) is 16.7 Å². The van der Waals surface area contributed by atoms with E-state index < -0.39 is 0 Å². The van der Waals surface area contributed by atoms with Crippen molar-refractivity contribution in [2.24, 2.45) is 0 Å². The number of aryl methyl sites for hydroxylation is 1. The Labute approximate surface area is 118 Å².